The Hall–Kier alpha value is -1.44. The molecule has 68 valence electrons. The molecule has 2 aromatic rings. The largest absolute Gasteiger partial charge is 0.469 e. The van der Waals surface area contributed by atoms with Crippen LogP contribution in [0.5, 0.6) is 0 Å². The number of hydrogen-bond acceptors (Lipinski definition) is 1. The van der Waals surface area contributed by atoms with Gasteiger partial charge in [0.15, 0.2) is 0 Å². The van der Waals surface area contributed by atoms with Crippen LogP contribution in [0.4, 0.5) is 0 Å². The molecule has 2 aromatic heterocycles. The van der Waals surface area contributed by atoms with Crippen LogP contribution >= 0.6 is 0 Å². The Labute approximate surface area is 77.6 Å². The summed E-state index contributed by atoms with van der Waals surface area (Å²) in [7, 11) is 0. The number of H-pyrrole nitrogens is 1. The molecule has 0 bridgehead atoms. The minimum Gasteiger partial charge on any atom is -0.469 e. The zero-order valence-electron chi connectivity index (χ0n) is 7.66. The van der Waals surface area contributed by atoms with E-state index in [9.17, 15) is 0 Å². The molecule has 2 nitrogen and oxygen atoms in total. The topological polar surface area (TPSA) is 28.9 Å². The lowest BCUT2D eigenvalue weighted by Crippen LogP contribution is -1.97. The molecule has 1 atom stereocenters. The standard InChI is InChI=1S/C11H13NO/c1-2-9(10-5-3-7-12-10)11-6-4-8-13-11/h3-9,12H,2H2,1H3. The zero-order chi connectivity index (χ0) is 9.10. The Balaban J connectivity index is 2.29. The number of furan rings is 1. The summed E-state index contributed by atoms with van der Waals surface area (Å²) in [5.74, 6) is 1.40. The monoisotopic (exact) mass is 175 g/mol. The summed E-state index contributed by atoms with van der Waals surface area (Å²) in [6, 6.07) is 8.06. The van der Waals surface area contributed by atoms with Crippen LogP contribution in [-0.2, 0) is 0 Å². The van der Waals surface area contributed by atoms with Gasteiger partial charge in [0.1, 0.15) is 5.76 Å². The maximum atomic E-state index is 5.39. The third-order valence-electron chi connectivity index (χ3n) is 2.29. The minimum absolute atomic E-state index is 0.366. The first-order valence-corrected chi connectivity index (χ1v) is 4.58. The predicted molar refractivity (Wildman–Crippen MR) is 51.6 cm³/mol. The predicted octanol–water partition coefficient (Wildman–Crippen LogP) is 3.15. The summed E-state index contributed by atoms with van der Waals surface area (Å²) in [6.45, 7) is 2.16. The van der Waals surface area contributed by atoms with Crippen molar-refractivity contribution in [2.24, 2.45) is 0 Å². The Morgan fingerprint density at radius 1 is 1.38 bits per heavy atom. The normalized spacial score (nSPS) is 13.0. The average Bonchev–Trinajstić information content (AvgIpc) is 2.76. The molecular weight excluding hydrogens is 162 g/mol. The molecule has 2 rings (SSSR count). The van der Waals surface area contributed by atoms with Gasteiger partial charge in [-0.05, 0) is 30.7 Å². The fourth-order valence-corrected chi connectivity index (χ4v) is 1.62. The first kappa shape index (κ1) is 8.17. The van der Waals surface area contributed by atoms with Gasteiger partial charge in [0.25, 0.3) is 0 Å². The van der Waals surface area contributed by atoms with Crippen LogP contribution < -0.4 is 0 Å². The third kappa shape index (κ3) is 1.52. The van der Waals surface area contributed by atoms with E-state index in [4.69, 9.17) is 4.42 Å². The molecule has 0 amide bonds. The van der Waals surface area contributed by atoms with Gasteiger partial charge >= 0.3 is 0 Å². The van der Waals surface area contributed by atoms with Crippen LogP contribution in [0.15, 0.2) is 41.1 Å². The van der Waals surface area contributed by atoms with E-state index in [1.165, 1.54) is 5.69 Å². The highest BCUT2D eigenvalue weighted by Crippen LogP contribution is 2.26. The molecule has 1 unspecified atom stereocenters. The quantitative estimate of drug-likeness (QED) is 0.762. The summed E-state index contributed by atoms with van der Waals surface area (Å²) < 4.78 is 5.39. The maximum absolute atomic E-state index is 5.39. The van der Waals surface area contributed by atoms with Crippen molar-refractivity contribution in [2.45, 2.75) is 19.3 Å². The summed E-state index contributed by atoms with van der Waals surface area (Å²) in [5.41, 5.74) is 1.22. The van der Waals surface area contributed by atoms with Crippen LogP contribution in [0.25, 0.3) is 0 Å². The highest BCUT2D eigenvalue weighted by molar-refractivity contribution is 5.20. The number of rotatable bonds is 3. The van der Waals surface area contributed by atoms with Gasteiger partial charge in [-0.1, -0.05) is 6.92 Å². The molecule has 2 heteroatoms. The van der Waals surface area contributed by atoms with E-state index in [0.717, 1.165) is 12.2 Å². The summed E-state index contributed by atoms with van der Waals surface area (Å²) >= 11 is 0. The molecular formula is C11H13NO. The summed E-state index contributed by atoms with van der Waals surface area (Å²) in [5, 5.41) is 0. The van der Waals surface area contributed by atoms with Crippen LogP contribution in [0.3, 0.4) is 0 Å². The van der Waals surface area contributed by atoms with Gasteiger partial charge in [-0.25, -0.2) is 0 Å². The van der Waals surface area contributed by atoms with Gasteiger partial charge in [0, 0.05) is 11.9 Å². The maximum Gasteiger partial charge on any atom is 0.112 e. The SMILES string of the molecule is CCC(c1ccc[nH]1)c1ccco1. The molecule has 0 saturated heterocycles. The van der Waals surface area contributed by atoms with E-state index in [1.807, 2.05) is 24.4 Å². The molecule has 0 spiro atoms. The van der Waals surface area contributed by atoms with Crippen molar-refractivity contribution in [3.63, 3.8) is 0 Å². The van der Waals surface area contributed by atoms with E-state index in [1.54, 1.807) is 6.26 Å². The molecule has 0 aromatic carbocycles. The summed E-state index contributed by atoms with van der Waals surface area (Å²) in [4.78, 5) is 3.22. The Morgan fingerprint density at radius 3 is 2.85 bits per heavy atom. The van der Waals surface area contributed by atoms with Gasteiger partial charge in [0.05, 0.1) is 12.2 Å². The lowest BCUT2D eigenvalue weighted by atomic mass is 10.00. The van der Waals surface area contributed by atoms with E-state index in [2.05, 4.69) is 18.0 Å². The first-order chi connectivity index (χ1) is 6.42. The van der Waals surface area contributed by atoms with Crippen molar-refractivity contribution in [2.75, 3.05) is 0 Å². The van der Waals surface area contributed by atoms with E-state index >= 15 is 0 Å². The van der Waals surface area contributed by atoms with Gasteiger partial charge < -0.3 is 9.40 Å². The van der Waals surface area contributed by atoms with Crippen molar-refractivity contribution in [1.29, 1.82) is 0 Å². The van der Waals surface area contributed by atoms with Gasteiger partial charge in [-0.15, -0.1) is 0 Å². The molecule has 0 fully saturated rings. The highest BCUT2D eigenvalue weighted by atomic mass is 16.3. The van der Waals surface area contributed by atoms with Gasteiger partial charge in [0.2, 0.25) is 0 Å². The minimum atomic E-state index is 0.366. The molecule has 0 aliphatic carbocycles. The molecule has 0 radical (unpaired) electrons. The van der Waals surface area contributed by atoms with Crippen LogP contribution in [-0.4, -0.2) is 4.98 Å². The third-order valence-corrected chi connectivity index (χ3v) is 2.29. The average molecular weight is 175 g/mol. The Kier molecular flexibility index (Phi) is 2.21. The highest BCUT2D eigenvalue weighted by Gasteiger charge is 2.14. The second-order valence-electron chi connectivity index (χ2n) is 3.10. The molecule has 13 heavy (non-hydrogen) atoms. The van der Waals surface area contributed by atoms with E-state index in [0.29, 0.717) is 5.92 Å². The number of hydrogen-bond donors (Lipinski definition) is 1. The second-order valence-corrected chi connectivity index (χ2v) is 3.10. The lowest BCUT2D eigenvalue weighted by Gasteiger charge is -2.09. The van der Waals surface area contributed by atoms with Crippen LogP contribution in [0, 0.1) is 0 Å². The van der Waals surface area contributed by atoms with Gasteiger partial charge in [-0.3, -0.25) is 0 Å². The van der Waals surface area contributed by atoms with E-state index < -0.39 is 0 Å². The van der Waals surface area contributed by atoms with Crippen LogP contribution in [0.2, 0.25) is 0 Å². The fraction of sp³-hybridized carbons (Fsp3) is 0.273. The van der Waals surface area contributed by atoms with E-state index in [-0.39, 0.29) is 0 Å². The van der Waals surface area contributed by atoms with Crippen molar-refractivity contribution >= 4 is 0 Å². The first-order valence-electron chi connectivity index (χ1n) is 4.58. The smallest absolute Gasteiger partial charge is 0.112 e. The number of aromatic nitrogens is 1. The van der Waals surface area contributed by atoms with Crippen molar-refractivity contribution < 1.29 is 4.42 Å². The zero-order valence-corrected chi connectivity index (χ0v) is 7.66. The number of aromatic amines is 1. The van der Waals surface area contributed by atoms with Crippen molar-refractivity contribution in [3.05, 3.63) is 48.2 Å². The lowest BCUT2D eigenvalue weighted by molar-refractivity contribution is 0.477. The van der Waals surface area contributed by atoms with Crippen LogP contribution in [0.1, 0.15) is 30.7 Å². The summed E-state index contributed by atoms with van der Waals surface area (Å²) in [6.07, 6.45) is 4.72. The molecule has 1 N–H and O–H groups in total. The van der Waals surface area contributed by atoms with Gasteiger partial charge in [-0.2, -0.15) is 0 Å². The second kappa shape index (κ2) is 3.52. The number of nitrogens with one attached hydrogen (secondary N) is 1. The fourth-order valence-electron chi connectivity index (χ4n) is 1.62. The Morgan fingerprint density at radius 2 is 2.31 bits per heavy atom. The molecule has 2 heterocycles. The molecule has 0 aliphatic rings. The van der Waals surface area contributed by atoms with Crippen molar-refractivity contribution in [1.82, 2.24) is 4.98 Å². The molecule has 0 aliphatic heterocycles. The van der Waals surface area contributed by atoms with Crippen molar-refractivity contribution in [3.8, 4) is 0 Å². The molecule has 0 saturated carbocycles. The Bertz CT molecular complexity index is 300.